The maximum atomic E-state index is 12.0. The van der Waals surface area contributed by atoms with Gasteiger partial charge in [0, 0.05) is 37.1 Å². The summed E-state index contributed by atoms with van der Waals surface area (Å²) in [7, 11) is 0. The number of carbonyl (C=O) groups is 1. The third kappa shape index (κ3) is 5.41. The van der Waals surface area contributed by atoms with Crippen LogP contribution in [0.2, 0.25) is 0 Å². The second-order valence-electron chi connectivity index (χ2n) is 8.02. The van der Waals surface area contributed by atoms with Gasteiger partial charge < -0.3 is 15.0 Å². The number of carbonyl (C=O) groups excluding carboxylic acids is 1. The van der Waals surface area contributed by atoms with Crippen LogP contribution in [0, 0.1) is 0 Å². The molecule has 7 heteroatoms. The Bertz CT molecular complexity index is 796. The molecule has 0 unspecified atom stereocenters. The van der Waals surface area contributed by atoms with Crippen LogP contribution in [0.25, 0.3) is 11.5 Å². The van der Waals surface area contributed by atoms with Gasteiger partial charge in [-0.1, -0.05) is 13.0 Å². The van der Waals surface area contributed by atoms with Gasteiger partial charge in [0.25, 0.3) is 0 Å². The minimum atomic E-state index is -0.482. The van der Waals surface area contributed by atoms with Crippen LogP contribution in [-0.4, -0.2) is 45.8 Å². The van der Waals surface area contributed by atoms with E-state index in [-0.39, 0.29) is 12.1 Å². The van der Waals surface area contributed by atoms with Crippen LogP contribution in [0.1, 0.15) is 46.2 Å². The van der Waals surface area contributed by atoms with Crippen molar-refractivity contribution in [2.45, 2.75) is 58.6 Å². The monoisotopic (exact) mass is 383 g/mol. The lowest BCUT2D eigenvalue weighted by atomic mass is 10.1. The molecule has 0 spiro atoms. The number of rotatable bonds is 4. The first-order chi connectivity index (χ1) is 13.3. The molecule has 2 aromatic rings. The summed E-state index contributed by atoms with van der Waals surface area (Å²) in [5.41, 5.74) is 1.30. The lowest BCUT2D eigenvalue weighted by Crippen LogP contribution is -2.46. The molecule has 1 fully saturated rings. The van der Waals surface area contributed by atoms with Crippen molar-refractivity contribution in [2.75, 3.05) is 18.0 Å². The van der Waals surface area contributed by atoms with E-state index < -0.39 is 5.60 Å². The molecule has 0 atom stereocenters. The van der Waals surface area contributed by atoms with E-state index in [1.54, 1.807) is 6.20 Å². The number of pyridine rings is 1. The molecule has 1 saturated heterocycles. The predicted molar refractivity (Wildman–Crippen MR) is 109 cm³/mol. The minimum Gasteiger partial charge on any atom is -0.444 e. The van der Waals surface area contributed by atoms with E-state index in [1.807, 2.05) is 45.0 Å². The van der Waals surface area contributed by atoms with Crippen LogP contribution in [-0.2, 0) is 11.2 Å². The van der Waals surface area contributed by atoms with Gasteiger partial charge >= 0.3 is 6.09 Å². The van der Waals surface area contributed by atoms with Gasteiger partial charge in [-0.2, -0.15) is 0 Å². The number of nitrogens with one attached hydrogen (secondary N) is 1. The highest BCUT2D eigenvalue weighted by Crippen LogP contribution is 2.22. The number of aryl methyl sites for hydroxylation is 1. The number of hydrogen-bond acceptors (Lipinski definition) is 6. The Morgan fingerprint density at radius 1 is 1.25 bits per heavy atom. The molecule has 2 aromatic heterocycles. The van der Waals surface area contributed by atoms with Crippen molar-refractivity contribution in [1.29, 1.82) is 0 Å². The number of anilines is 1. The highest BCUT2D eigenvalue weighted by molar-refractivity contribution is 5.68. The highest BCUT2D eigenvalue weighted by atomic mass is 16.6. The summed E-state index contributed by atoms with van der Waals surface area (Å²) in [5, 5.41) is 2.98. The number of ether oxygens (including phenoxy) is 1. The molecule has 28 heavy (non-hydrogen) atoms. The summed E-state index contributed by atoms with van der Waals surface area (Å²) in [6, 6.07) is 7.92. The number of alkyl carbamates (subject to hydrolysis) is 1. The van der Waals surface area contributed by atoms with Gasteiger partial charge in [0.15, 0.2) is 5.82 Å². The van der Waals surface area contributed by atoms with E-state index in [0.717, 1.165) is 49.6 Å². The Hall–Kier alpha value is -2.70. The molecule has 1 N–H and O–H groups in total. The number of hydrogen-bond donors (Lipinski definition) is 1. The standard InChI is InChI=1S/C21H29N5O2/c1-5-15-14-18(25-19(23-15)17-8-6-7-11-22-17)26-12-9-16(10-13-26)24-20(27)28-21(2,3)4/h6-8,11,14,16H,5,9-10,12-13H2,1-4H3,(H,24,27). The largest absolute Gasteiger partial charge is 0.444 e. The summed E-state index contributed by atoms with van der Waals surface area (Å²) < 4.78 is 5.36. The zero-order valence-corrected chi connectivity index (χ0v) is 17.1. The third-order valence-electron chi connectivity index (χ3n) is 4.56. The molecule has 150 valence electrons. The molecular weight excluding hydrogens is 354 g/mol. The Labute approximate surface area is 166 Å². The van der Waals surface area contributed by atoms with Gasteiger partial charge in [-0.15, -0.1) is 0 Å². The Morgan fingerprint density at radius 2 is 2.00 bits per heavy atom. The van der Waals surface area contributed by atoms with Crippen molar-refractivity contribution < 1.29 is 9.53 Å². The SMILES string of the molecule is CCc1cc(N2CCC(NC(=O)OC(C)(C)C)CC2)nc(-c2ccccn2)n1. The summed E-state index contributed by atoms with van der Waals surface area (Å²) in [6.45, 7) is 9.34. The van der Waals surface area contributed by atoms with Gasteiger partial charge in [-0.05, 0) is 52.2 Å². The van der Waals surface area contributed by atoms with E-state index in [9.17, 15) is 4.79 Å². The molecule has 0 radical (unpaired) electrons. The van der Waals surface area contributed by atoms with Crippen LogP contribution in [0.3, 0.4) is 0 Å². The highest BCUT2D eigenvalue weighted by Gasteiger charge is 2.24. The van der Waals surface area contributed by atoms with E-state index in [1.165, 1.54) is 0 Å². The number of amides is 1. The van der Waals surface area contributed by atoms with Crippen molar-refractivity contribution in [1.82, 2.24) is 20.3 Å². The molecule has 3 heterocycles. The lowest BCUT2D eigenvalue weighted by Gasteiger charge is -2.33. The first-order valence-electron chi connectivity index (χ1n) is 9.88. The van der Waals surface area contributed by atoms with Crippen molar-refractivity contribution in [3.8, 4) is 11.5 Å². The molecular formula is C21H29N5O2. The smallest absolute Gasteiger partial charge is 0.407 e. The second kappa shape index (κ2) is 8.54. The van der Waals surface area contributed by atoms with Crippen LogP contribution >= 0.6 is 0 Å². The summed E-state index contributed by atoms with van der Waals surface area (Å²) in [4.78, 5) is 28.0. The van der Waals surface area contributed by atoms with Gasteiger partial charge in [0.05, 0.1) is 0 Å². The fourth-order valence-corrected chi connectivity index (χ4v) is 3.16. The summed E-state index contributed by atoms with van der Waals surface area (Å²) in [5.74, 6) is 1.58. The maximum Gasteiger partial charge on any atom is 0.407 e. The van der Waals surface area contributed by atoms with Gasteiger partial charge in [-0.25, -0.2) is 14.8 Å². The zero-order chi connectivity index (χ0) is 20.1. The predicted octanol–water partition coefficient (Wildman–Crippen LogP) is 3.59. The molecule has 7 nitrogen and oxygen atoms in total. The van der Waals surface area contributed by atoms with Gasteiger partial charge in [-0.3, -0.25) is 4.98 Å². The summed E-state index contributed by atoms with van der Waals surface area (Å²) >= 11 is 0. The van der Waals surface area contributed by atoms with E-state index in [2.05, 4.69) is 27.1 Å². The molecule has 0 aliphatic carbocycles. The van der Waals surface area contributed by atoms with Gasteiger partial charge in [0.2, 0.25) is 0 Å². The fourth-order valence-electron chi connectivity index (χ4n) is 3.16. The Kier molecular flexibility index (Phi) is 6.11. The van der Waals surface area contributed by atoms with E-state index in [4.69, 9.17) is 9.72 Å². The molecule has 0 bridgehead atoms. The molecule has 0 saturated carbocycles. The van der Waals surface area contributed by atoms with Crippen LogP contribution in [0.5, 0.6) is 0 Å². The van der Waals surface area contributed by atoms with Crippen LogP contribution in [0.15, 0.2) is 30.5 Å². The molecule has 1 aliphatic rings. The lowest BCUT2D eigenvalue weighted by molar-refractivity contribution is 0.0497. The quantitative estimate of drug-likeness (QED) is 0.869. The molecule has 3 rings (SSSR count). The van der Waals surface area contributed by atoms with Crippen molar-refractivity contribution in [3.63, 3.8) is 0 Å². The summed E-state index contributed by atoms with van der Waals surface area (Å²) in [6.07, 6.45) is 3.95. The third-order valence-corrected chi connectivity index (χ3v) is 4.56. The topological polar surface area (TPSA) is 80.2 Å². The average molecular weight is 383 g/mol. The normalized spacial score (nSPS) is 15.4. The van der Waals surface area contributed by atoms with Crippen molar-refractivity contribution in [3.05, 3.63) is 36.2 Å². The van der Waals surface area contributed by atoms with Crippen molar-refractivity contribution in [2.24, 2.45) is 0 Å². The van der Waals surface area contributed by atoms with Crippen LogP contribution < -0.4 is 10.2 Å². The van der Waals surface area contributed by atoms with E-state index in [0.29, 0.717) is 5.82 Å². The fraction of sp³-hybridized carbons (Fsp3) is 0.524. The number of aromatic nitrogens is 3. The number of nitrogens with zero attached hydrogens (tertiary/aromatic N) is 4. The second-order valence-corrected chi connectivity index (χ2v) is 8.02. The van der Waals surface area contributed by atoms with Gasteiger partial charge in [0.1, 0.15) is 17.1 Å². The number of piperidine rings is 1. The molecule has 0 aromatic carbocycles. The Balaban J connectivity index is 1.66. The molecule has 1 amide bonds. The van der Waals surface area contributed by atoms with E-state index >= 15 is 0 Å². The minimum absolute atomic E-state index is 0.119. The van der Waals surface area contributed by atoms with Crippen molar-refractivity contribution >= 4 is 11.9 Å². The molecule has 1 aliphatic heterocycles. The first-order valence-corrected chi connectivity index (χ1v) is 9.88. The van der Waals surface area contributed by atoms with Crippen LogP contribution in [0.4, 0.5) is 10.6 Å². The average Bonchev–Trinajstić information content (AvgIpc) is 2.67. The Morgan fingerprint density at radius 3 is 2.61 bits per heavy atom. The first kappa shape index (κ1) is 20.0. The zero-order valence-electron chi connectivity index (χ0n) is 17.1. The maximum absolute atomic E-state index is 12.0.